The number of benzene rings is 1. The molecule has 34 heavy (non-hydrogen) atoms. The van der Waals surface area contributed by atoms with E-state index < -0.39 is 35.1 Å². The number of halogens is 2. The fourth-order valence-corrected chi connectivity index (χ4v) is 4.43. The number of anilines is 1. The molecule has 1 atom stereocenters. The number of nitrogens with zero attached hydrogens (tertiary/aromatic N) is 1. The van der Waals surface area contributed by atoms with Gasteiger partial charge in [0.25, 0.3) is 5.91 Å². The number of pyridine rings is 1. The lowest BCUT2D eigenvalue weighted by Gasteiger charge is -2.35. The number of hydrogen-bond donors (Lipinski definition) is 3. The molecule has 1 fully saturated rings. The van der Waals surface area contributed by atoms with E-state index in [4.69, 9.17) is 9.72 Å². The number of amides is 1. The maximum absolute atomic E-state index is 13.8. The first-order valence-corrected chi connectivity index (χ1v) is 11.7. The molecule has 3 N–H and O–H groups in total. The Morgan fingerprint density at radius 1 is 1.24 bits per heavy atom. The predicted octanol–water partition coefficient (Wildman–Crippen LogP) is 3.72. The third kappa shape index (κ3) is 6.08. The van der Waals surface area contributed by atoms with Gasteiger partial charge in [-0.05, 0) is 68.2 Å². The summed E-state index contributed by atoms with van der Waals surface area (Å²) in [4.78, 5) is 28.4. The minimum atomic E-state index is -1.24. The smallest absolute Gasteiger partial charge is 0.326 e. The Morgan fingerprint density at radius 3 is 2.82 bits per heavy atom. The Hall–Kier alpha value is -3.07. The van der Waals surface area contributed by atoms with Gasteiger partial charge in [0.1, 0.15) is 23.5 Å². The first kappa shape index (κ1) is 24.1. The average Bonchev–Trinajstić information content (AvgIpc) is 2.78. The first-order valence-electron chi connectivity index (χ1n) is 11.7. The Kier molecular flexibility index (Phi) is 7.72. The Bertz CT molecular complexity index is 1040. The number of aromatic nitrogens is 1. The number of aryl methyl sites for hydroxylation is 2. The van der Waals surface area contributed by atoms with Crippen molar-refractivity contribution >= 4 is 17.7 Å². The van der Waals surface area contributed by atoms with Gasteiger partial charge in [0.15, 0.2) is 0 Å². The van der Waals surface area contributed by atoms with Gasteiger partial charge in [0.05, 0.1) is 11.7 Å². The molecule has 2 heterocycles. The summed E-state index contributed by atoms with van der Waals surface area (Å²) in [6, 6.07) is 5.56. The van der Waals surface area contributed by atoms with Crippen LogP contribution in [-0.4, -0.2) is 47.3 Å². The molecule has 1 aliphatic carbocycles. The van der Waals surface area contributed by atoms with Crippen molar-refractivity contribution < 1.29 is 28.2 Å². The second kappa shape index (κ2) is 10.9. The second-order valence-electron chi connectivity index (χ2n) is 8.99. The number of carboxylic acid groups (broad SMARTS) is 1. The van der Waals surface area contributed by atoms with Crippen molar-refractivity contribution in [2.24, 2.45) is 5.92 Å². The monoisotopic (exact) mass is 473 g/mol. The number of carbonyl (C=O) groups excluding carboxylic acids is 1. The molecule has 0 unspecified atom stereocenters. The van der Waals surface area contributed by atoms with Gasteiger partial charge < -0.3 is 20.5 Å². The zero-order valence-electron chi connectivity index (χ0n) is 18.9. The van der Waals surface area contributed by atoms with Crippen molar-refractivity contribution in [2.45, 2.75) is 57.1 Å². The molecular weight excluding hydrogens is 444 g/mol. The lowest BCUT2D eigenvalue weighted by atomic mass is 9.79. The van der Waals surface area contributed by atoms with Crippen LogP contribution in [0.4, 0.5) is 14.6 Å². The third-order valence-electron chi connectivity index (χ3n) is 6.49. The van der Waals surface area contributed by atoms with Gasteiger partial charge in [-0.15, -0.1) is 0 Å². The van der Waals surface area contributed by atoms with E-state index in [-0.39, 0.29) is 19.1 Å². The molecule has 1 aromatic carbocycles. The number of carboxylic acids is 1. The fourth-order valence-electron chi connectivity index (χ4n) is 4.43. The molecule has 0 bridgehead atoms. The summed E-state index contributed by atoms with van der Waals surface area (Å²) in [5, 5.41) is 15.0. The van der Waals surface area contributed by atoms with E-state index >= 15 is 0 Å². The minimum Gasteiger partial charge on any atom is -0.480 e. The summed E-state index contributed by atoms with van der Waals surface area (Å²) in [7, 11) is 0. The molecule has 0 radical (unpaired) electrons. The van der Waals surface area contributed by atoms with E-state index in [1.54, 1.807) is 0 Å². The molecule has 4 rings (SSSR count). The molecule has 1 amide bonds. The topological polar surface area (TPSA) is 101 Å². The Labute approximate surface area is 196 Å². The van der Waals surface area contributed by atoms with Gasteiger partial charge in [-0.1, -0.05) is 6.07 Å². The van der Waals surface area contributed by atoms with Crippen LogP contribution in [0.1, 0.15) is 53.7 Å². The molecular formula is C25H29F2N3O4. The molecule has 0 spiro atoms. The molecule has 2 aliphatic rings. The highest BCUT2D eigenvalue weighted by Gasteiger charge is 2.30. The van der Waals surface area contributed by atoms with Gasteiger partial charge in [-0.3, -0.25) is 4.79 Å². The van der Waals surface area contributed by atoms with E-state index in [1.807, 2.05) is 0 Å². The molecule has 1 saturated carbocycles. The quantitative estimate of drug-likeness (QED) is 0.486. The normalized spacial score (nSPS) is 19.9. The van der Waals surface area contributed by atoms with Crippen molar-refractivity contribution in [1.82, 2.24) is 10.3 Å². The highest BCUT2D eigenvalue weighted by atomic mass is 19.1. The van der Waals surface area contributed by atoms with Gasteiger partial charge in [-0.2, -0.15) is 0 Å². The second-order valence-corrected chi connectivity index (χ2v) is 8.99. The highest BCUT2D eigenvalue weighted by molar-refractivity contribution is 5.96. The van der Waals surface area contributed by atoms with E-state index in [1.165, 1.54) is 5.56 Å². The molecule has 1 aliphatic heterocycles. The predicted molar refractivity (Wildman–Crippen MR) is 122 cm³/mol. The number of fused-ring (bicyclic) bond motifs is 1. The molecule has 9 heteroatoms. The number of ether oxygens (including phenoxy) is 1. The van der Waals surface area contributed by atoms with Crippen LogP contribution < -0.4 is 10.6 Å². The maximum Gasteiger partial charge on any atom is 0.326 e. The Balaban J connectivity index is 1.16. The highest BCUT2D eigenvalue weighted by Crippen LogP contribution is 2.34. The Morgan fingerprint density at radius 2 is 2.06 bits per heavy atom. The van der Waals surface area contributed by atoms with Crippen LogP contribution in [0.3, 0.4) is 0 Å². The minimum absolute atomic E-state index is 0.0527. The van der Waals surface area contributed by atoms with Crippen LogP contribution in [0.15, 0.2) is 30.3 Å². The van der Waals surface area contributed by atoms with Crippen molar-refractivity contribution in [3.8, 4) is 0 Å². The summed E-state index contributed by atoms with van der Waals surface area (Å²) in [5.41, 5.74) is 1.97. The number of aliphatic carboxylic acids is 1. The van der Waals surface area contributed by atoms with Crippen LogP contribution in [-0.2, 0) is 22.4 Å². The third-order valence-corrected chi connectivity index (χ3v) is 6.49. The number of rotatable bonds is 10. The van der Waals surface area contributed by atoms with E-state index in [2.05, 4.69) is 22.8 Å². The molecule has 7 nitrogen and oxygen atoms in total. The van der Waals surface area contributed by atoms with E-state index in [0.717, 1.165) is 68.7 Å². The van der Waals surface area contributed by atoms with Crippen molar-refractivity contribution in [2.75, 3.05) is 18.5 Å². The summed E-state index contributed by atoms with van der Waals surface area (Å²) in [6.45, 7) is 1.14. The SMILES string of the molecule is O=C(N[C@@H](CCOC1CC(CCc2ccc3c(n2)NCCC3)C1)C(=O)O)c1ccc(F)cc1F. The fraction of sp³-hybridized carbons (Fsp3) is 0.480. The van der Waals surface area contributed by atoms with Crippen LogP contribution in [0.25, 0.3) is 0 Å². The van der Waals surface area contributed by atoms with E-state index in [9.17, 15) is 23.5 Å². The zero-order chi connectivity index (χ0) is 24.1. The molecule has 182 valence electrons. The zero-order valence-corrected chi connectivity index (χ0v) is 18.9. The van der Waals surface area contributed by atoms with Crippen LogP contribution >= 0.6 is 0 Å². The summed E-state index contributed by atoms with van der Waals surface area (Å²) in [6.07, 6.45) is 6.11. The molecule has 0 saturated heterocycles. The number of nitrogens with one attached hydrogen (secondary N) is 2. The molecule has 2 aromatic rings. The largest absolute Gasteiger partial charge is 0.480 e. The van der Waals surface area contributed by atoms with Gasteiger partial charge in [0.2, 0.25) is 0 Å². The first-order chi connectivity index (χ1) is 16.4. The van der Waals surface area contributed by atoms with Crippen LogP contribution in [0.5, 0.6) is 0 Å². The van der Waals surface area contributed by atoms with Crippen molar-refractivity contribution in [3.63, 3.8) is 0 Å². The lowest BCUT2D eigenvalue weighted by molar-refractivity contribution is -0.140. The van der Waals surface area contributed by atoms with Crippen molar-refractivity contribution in [1.29, 1.82) is 0 Å². The van der Waals surface area contributed by atoms with Gasteiger partial charge in [-0.25, -0.2) is 18.6 Å². The lowest BCUT2D eigenvalue weighted by Crippen LogP contribution is -2.42. The van der Waals surface area contributed by atoms with Gasteiger partial charge >= 0.3 is 5.97 Å². The van der Waals surface area contributed by atoms with Gasteiger partial charge in [0, 0.05) is 31.3 Å². The van der Waals surface area contributed by atoms with Crippen LogP contribution in [0, 0.1) is 17.6 Å². The van der Waals surface area contributed by atoms with Crippen LogP contribution in [0.2, 0.25) is 0 Å². The van der Waals surface area contributed by atoms with E-state index in [0.29, 0.717) is 12.0 Å². The standard InChI is InChI=1S/C25H29F2N3O4/c26-17-5-8-20(21(27)14-17)24(31)30-22(25(32)33)9-11-34-19-12-15(13-19)3-6-18-7-4-16-2-1-10-28-23(16)29-18/h4-5,7-8,14-15,19,22H,1-3,6,9-13H2,(H,28,29)(H,30,31)(H,32,33)/t15?,19?,22-/m0/s1. The number of hydrogen-bond acceptors (Lipinski definition) is 5. The summed E-state index contributed by atoms with van der Waals surface area (Å²) >= 11 is 0. The average molecular weight is 474 g/mol. The number of carbonyl (C=O) groups is 2. The summed E-state index contributed by atoms with van der Waals surface area (Å²) < 4.78 is 32.6. The van der Waals surface area contributed by atoms with Crippen molar-refractivity contribution in [3.05, 3.63) is 58.8 Å². The maximum atomic E-state index is 13.8. The summed E-state index contributed by atoms with van der Waals surface area (Å²) in [5.74, 6) is -2.43. The molecule has 1 aromatic heterocycles.